The molecule has 0 saturated carbocycles. The van der Waals surface area contributed by atoms with Crippen molar-refractivity contribution in [3.8, 4) is 0 Å². The lowest BCUT2D eigenvalue weighted by Gasteiger charge is -2.27. The number of halogens is 3. The normalized spacial score (nSPS) is 16.8. The Hall–Kier alpha value is -1.38. The lowest BCUT2D eigenvalue weighted by atomic mass is 10.2. The maximum atomic E-state index is 11.9. The molecule has 0 spiro atoms. The van der Waals surface area contributed by atoms with Crippen LogP contribution in [0.4, 0.5) is 18.0 Å². The summed E-state index contributed by atoms with van der Waals surface area (Å²) < 4.78 is 45.2. The molecule has 9 heteroatoms. The fourth-order valence-electron chi connectivity index (χ4n) is 1.28. The Bertz CT molecular complexity index is 428. The second kappa shape index (κ2) is 5.94. The number of imide groups is 1. The Kier molecular flexibility index (Phi) is 4.95. The van der Waals surface area contributed by atoms with Crippen LogP contribution in [-0.2, 0) is 13.7 Å². The van der Waals surface area contributed by atoms with Gasteiger partial charge in [-0.2, -0.15) is 13.2 Å². The van der Waals surface area contributed by atoms with Gasteiger partial charge in [0.2, 0.25) is 0 Å². The maximum Gasteiger partial charge on any atom is 0.479 e. The topological polar surface area (TPSA) is 55.8 Å². The quantitative estimate of drug-likeness (QED) is 0.733. The van der Waals surface area contributed by atoms with Gasteiger partial charge in [-0.25, -0.2) is 9.69 Å². The number of alkyl halides is 3. The number of carbonyl (C=O) groups excluding carboxylic acids is 2. The number of hydrogen-bond acceptors (Lipinski definition) is 5. The Morgan fingerprint density at radius 1 is 1.35 bits per heavy atom. The molecule has 2 amide bonds. The molecule has 0 saturated heterocycles. The number of amides is 2. The molecular formula is C11H14F3NO4S. The van der Waals surface area contributed by atoms with Gasteiger partial charge in [-0.15, -0.1) is 0 Å². The van der Waals surface area contributed by atoms with Gasteiger partial charge >= 0.3 is 11.6 Å². The monoisotopic (exact) mass is 313 g/mol. The zero-order valence-electron chi connectivity index (χ0n) is 11.1. The van der Waals surface area contributed by atoms with E-state index in [2.05, 4.69) is 4.18 Å². The van der Waals surface area contributed by atoms with Crippen LogP contribution in [0, 0.1) is 0 Å². The largest absolute Gasteiger partial charge is 0.479 e. The fraction of sp³-hybridized carbons (Fsp3) is 0.636. The molecule has 0 atom stereocenters. The van der Waals surface area contributed by atoms with Gasteiger partial charge in [0, 0.05) is 19.0 Å². The third kappa shape index (κ3) is 5.72. The van der Waals surface area contributed by atoms with E-state index in [4.69, 9.17) is 4.74 Å². The van der Waals surface area contributed by atoms with Gasteiger partial charge in [0.1, 0.15) is 11.4 Å². The smallest absolute Gasteiger partial charge is 0.443 e. The van der Waals surface area contributed by atoms with E-state index < -0.39 is 35.2 Å². The van der Waals surface area contributed by atoms with Crippen molar-refractivity contribution in [3.63, 3.8) is 0 Å². The molecule has 1 aliphatic heterocycles. The molecule has 0 N–H and O–H groups in total. The Labute approximate surface area is 118 Å². The van der Waals surface area contributed by atoms with Gasteiger partial charge in [0.05, 0.1) is 0 Å². The second-order valence-corrected chi connectivity index (χ2v) is 5.74. The van der Waals surface area contributed by atoms with Gasteiger partial charge < -0.3 is 8.92 Å². The zero-order valence-corrected chi connectivity index (χ0v) is 11.9. The van der Waals surface area contributed by atoms with E-state index in [1.165, 1.54) is 0 Å². The summed E-state index contributed by atoms with van der Waals surface area (Å²) in [5, 5.41) is 0. The van der Waals surface area contributed by atoms with E-state index in [9.17, 15) is 22.8 Å². The number of ether oxygens (including phenoxy) is 1. The summed E-state index contributed by atoms with van der Waals surface area (Å²) in [4.78, 5) is 24.1. The van der Waals surface area contributed by atoms with E-state index in [0.717, 1.165) is 11.0 Å². The van der Waals surface area contributed by atoms with Gasteiger partial charge in [-0.05, 0) is 20.8 Å². The van der Waals surface area contributed by atoms with Crippen LogP contribution in [0.1, 0.15) is 27.2 Å². The first-order valence-electron chi connectivity index (χ1n) is 5.65. The van der Waals surface area contributed by atoms with Crippen LogP contribution in [0.15, 0.2) is 11.8 Å². The van der Waals surface area contributed by atoms with E-state index in [0.29, 0.717) is 0 Å². The predicted octanol–water partition coefficient (Wildman–Crippen LogP) is 3.22. The molecule has 1 rings (SSSR count). The van der Waals surface area contributed by atoms with Gasteiger partial charge in [-0.1, -0.05) is 0 Å². The summed E-state index contributed by atoms with van der Waals surface area (Å²) in [5.41, 5.74) is -5.31. The van der Waals surface area contributed by atoms with Crippen LogP contribution in [0.25, 0.3) is 0 Å². The summed E-state index contributed by atoms with van der Waals surface area (Å²) >= 11 is -0.693. The highest BCUT2D eigenvalue weighted by molar-refractivity contribution is 7.95. The van der Waals surface area contributed by atoms with E-state index in [-0.39, 0.29) is 18.7 Å². The minimum Gasteiger partial charge on any atom is -0.443 e. The van der Waals surface area contributed by atoms with E-state index >= 15 is 0 Å². The highest BCUT2D eigenvalue weighted by Crippen LogP contribution is 2.34. The highest BCUT2D eigenvalue weighted by atomic mass is 32.2. The molecule has 20 heavy (non-hydrogen) atoms. The summed E-state index contributed by atoms with van der Waals surface area (Å²) in [5.74, 6) is -0.889. The summed E-state index contributed by atoms with van der Waals surface area (Å²) in [6.07, 6.45) is 0.0292. The number of carbonyl (C=O) groups is 2. The summed E-state index contributed by atoms with van der Waals surface area (Å²) in [6, 6.07) is 0. The molecule has 0 unspecified atom stereocenters. The Balaban J connectivity index is 2.61. The van der Waals surface area contributed by atoms with Crippen LogP contribution in [0.2, 0.25) is 0 Å². The van der Waals surface area contributed by atoms with Crippen molar-refractivity contribution in [2.45, 2.75) is 38.3 Å². The molecule has 1 heterocycles. The molecule has 0 aliphatic carbocycles. The standard InChI is InChI=1S/C11H14F3NO4S/c1-10(2,3)18-9(17)15-5-4-7(6-8(15)16)19-20-11(12,13)14/h6H,4-5H2,1-3H3. The summed E-state index contributed by atoms with van der Waals surface area (Å²) in [7, 11) is 0. The third-order valence-corrected chi connectivity index (χ3v) is 2.48. The summed E-state index contributed by atoms with van der Waals surface area (Å²) in [6.45, 7) is 4.84. The molecule has 5 nitrogen and oxygen atoms in total. The number of rotatable bonds is 2. The SMILES string of the molecule is CC(C)(C)OC(=O)N1CCC(OSC(F)(F)F)=CC1=O. The highest BCUT2D eigenvalue weighted by Gasteiger charge is 2.34. The van der Waals surface area contributed by atoms with Crippen molar-refractivity contribution >= 4 is 24.0 Å². The van der Waals surface area contributed by atoms with Gasteiger partial charge in [0.25, 0.3) is 5.91 Å². The molecule has 0 aromatic carbocycles. The Morgan fingerprint density at radius 3 is 2.40 bits per heavy atom. The minimum absolute atomic E-state index is 0.00800. The second-order valence-electron chi connectivity index (χ2n) is 4.94. The van der Waals surface area contributed by atoms with Crippen molar-refractivity contribution in [2.75, 3.05) is 6.54 Å². The Morgan fingerprint density at radius 2 is 1.95 bits per heavy atom. The van der Waals surface area contributed by atoms with Crippen molar-refractivity contribution in [1.29, 1.82) is 0 Å². The maximum absolute atomic E-state index is 11.9. The van der Waals surface area contributed by atoms with Gasteiger partial charge in [-0.3, -0.25) is 4.79 Å². The fourth-order valence-corrected chi connectivity index (χ4v) is 1.62. The lowest BCUT2D eigenvalue weighted by molar-refractivity contribution is -0.126. The van der Waals surface area contributed by atoms with E-state index in [1.807, 2.05) is 0 Å². The zero-order chi connectivity index (χ0) is 15.6. The lowest BCUT2D eigenvalue weighted by Crippen LogP contribution is -2.42. The van der Waals surface area contributed by atoms with Crippen LogP contribution < -0.4 is 0 Å². The van der Waals surface area contributed by atoms with Crippen LogP contribution in [0.5, 0.6) is 0 Å². The first-order chi connectivity index (χ1) is 8.98. The molecule has 0 aromatic heterocycles. The van der Waals surface area contributed by atoms with Gasteiger partial charge in [0.15, 0.2) is 12.0 Å². The van der Waals surface area contributed by atoms with E-state index in [1.54, 1.807) is 20.8 Å². The predicted molar refractivity (Wildman–Crippen MR) is 65.4 cm³/mol. The van der Waals surface area contributed by atoms with Crippen LogP contribution in [-0.4, -0.2) is 34.6 Å². The average Bonchev–Trinajstić information content (AvgIpc) is 2.22. The molecule has 1 aliphatic rings. The first-order valence-corrected chi connectivity index (χ1v) is 6.39. The number of hydrogen-bond donors (Lipinski definition) is 0. The minimum atomic E-state index is -4.55. The molecule has 114 valence electrons. The van der Waals surface area contributed by atoms with Crippen LogP contribution in [0.3, 0.4) is 0 Å². The molecule has 0 radical (unpaired) electrons. The first kappa shape index (κ1) is 16.7. The average molecular weight is 313 g/mol. The third-order valence-electron chi connectivity index (χ3n) is 1.99. The van der Waals surface area contributed by atoms with Crippen molar-refractivity contribution in [3.05, 3.63) is 11.8 Å². The molecule has 0 fully saturated rings. The molecule has 0 bridgehead atoms. The molecular weight excluding hydrogens is 299 g/mol. The van der Waals surface area contributed by atoms with Crippen molar-refractivity contribution < 1.29 is 31.7 Å². The number of nitrogens with zero attached hydrogens (tertiary/aromatic N) is 1. The van der Waals surface area contributed by atoms with Crippen molar-refractivity contribution in [2.24, 2.45) is 0 Å². The van der Waals surface area contributed by atoms with Crippen molar-refractivity contribution in [1.82, 2.24) is 4.90 Å². The van der Waals surface area contributed by atoms with Crippen LogP contribution >= 0.6 is 12.0 Å². The molecule has 0 aromatic rings.